The standard InChI is InChI=1S/C14H16N2O3/c17-11-8-4-7-10(12(11)18)14-15-13(16-19-14)9-5-2-1-3-6-9/h4,7-9,17-18H,1-3,5-6H2. The van der Waals surface area contributed by atoms with Gasteiger partial charge >= 0.3 is 0 Å². The summed E-state index contributed by atoms with van der Waals surface area (Å²) in [5.41, 5.74) is 0.370. The molecule has 5 heteroatoms. The highest BCUT2D eigenvalue weighted by atomic mass is 16.5. The molecule has 2 aromatic rings. The number of phenols is 2. The number of aromatic hydroxyl groups is 2. The molecule has 1 aromatic carbocycles. The lowest BCUT2D eigenvalue weighted by molar-refractivity contribution is 0.381. The summed E-state index contributed by atoms with van der Waals surface area (Å²) in [5, 5.41) is 23.3. The zero-order valence-electron chi connectivity index (χ0n) is 10.5. The second-order valence-electron chi connectivity index (χ2n) is 4.97. The van der Waals surface area contributed by atoms with Gasteiger partial charge in [-0.2, -0.15) is 4.98 Å². The van der Waals surface area contributed by atoms with Crippen LogP contribution >= 0.6 is 0 Å². The van der Waals surface area contributed by atoms with Gasteiger partial charge in [-0.3, -0.25) is 0 Å². The van der Waals surface area contributed by atoms with Crippen LogP contribution in [0.4, 0.5) is 0 Å². The van der Waals surface area contributed by atoms with E-state index in [-0.39, 0.29) is 17.4 Å². The minimum Gasteiger partial charge on any atom is -0.504 e. The van der Waals surface area contributed by atoms with E-state index in [1.165, 1.54) is 25.3 Å². The van der Waals surface area contributed by atoms with E-state index in [0.29, 0.717) is 17.3 Å². The van der Waals surface area contributed by atoms with E-state index in [0.717, 1.165) is 12.8 Å². The van der Waals surface area contributed by atoms with Crippen LogP contribution in [0.1, 0.15) is 43.8 Å². The largest absolute Gasteiger partial charge is 0.504 e. The van der Waals surface area contributed by atoms with E-state index >= 15 is 0 Å². The van der Waals surface area contributed by atoms with Gasteiger partial charge in [0, 0.05) is 5.92 Å². The summed E-state index contributed by atoms with van der Waals surface area (Å²) in [6.07, 6.45) is 5.85. The maximum atomic E-state index is 9.79. The van der Waals surface area contributed by atoms with E-state index < -0.39 is 0 Å². The first-order valence-corrected chi connectivity index (χ1v) is 6.60. The number of nitrogens with zero attached hydrogens (tertiary/aromatic N) is 2. The van der Waals surface area contributed by atoms with Crippen LogP contribution in [0.15, 0.2) is 22.7 Å². The first kappa shape index (κ1) is 12.0. The molecule has 1 aromatic heterocycles. The summed E-state index contributed by atoms with van der Waals surface area (Å²) in [7, 11) is 0. The smallest absolute Gasteiger partial charge is 0.261 e. The lowest BCUT2D eigenvalue weighted by atomic mass is 9.89. The SMILES string of the molecule is Oc1cccc(-c2nc(C3CCCCC3)no2)c1O. The fourth-order valence-corrected chi connectivity index (χ4v) is 2.57. The quantitative estimate of drug-likeness (QED) is 0.810. The Labute approximate surface area is 110 Å². The van der Waals surface area contributed by atoms with Crippen molar-refractivity contribution < 1.29 is 14.7 Å². The van der Waals surface area contributed by atoms with Crippen molar-refractivity contribution in [3.63, 3.8) is 0 Å². The minimum atomic E-state index is -0.221. The number of phenolic OH excluding ortho intramolecular Hbond substituents is 2. The first-order chi connectivity index (χ1) is 9.25. The molecule has 5 nitrogen and oxygen atoms in total. The van der Waals surface area contributed by atoms with E-state index in [9.17, 15) is 10.2 Å². The molecule has 0 atom stereocenters. The molecule has 1 saturated carbocycles. The highest BCUT2D eigenvalue weighted by Crippen LogP contribution is 2.37. The van der Waals surface area contributed by atoms with Gasteiger partial charge in [-0.1, -0.05) is 30.5 Å². The van der Waals surface area contributed by atoms with E-state index in [1.807, 2.05) is 0 Å². The number of aromatic nitrogens is 2. The third kappa shape index (κ3) is 2.28. The monoisotopic (exact) mass is 260 g/mol. The molecule has 0 spiro atoms. The average molecular weight is 260 g/mol. The summed E-state index contributed by atoms with van der Waals surface area (Å²) < 4.78 is 5.21. The number of rotatable bonds is 2. The molecular weight excluding hydrogens is 244 g/mol. The maximum absolute atomic E-state index is 9.79. The lowest BCUT2D eigenvalue weighted by Crippen LogP contribution is -2.06. The average Bonchev–Trinajstić information content (AvgIpc) is 2.92. The molecule has 0 bridgehead atoms. The highest BCUT2D eigenvalue weighted by Gasteiger charge is 2.22. The van der Waals surface area contributed by atoms with E-state index in [2.05, 4.69) is 10.1 Å². The Hall–Kier alpha value is -2.04. The molecular formula is C14H16N2O3. The van der Waals surface area contributed by atoms with Crippen LogP contribution in [-0.2, 0) is 0 Å². The van der Waals surface area contributed by atoms with Gasteiger partial charge in [0.1, 0.15) is 0 Å². The fourth-order valence-electron chi connectivity index (χ4n) is 2.57. The van der Waals surface area contributed by atoms with Gasteiger partial charge in [0.25, 0.3) is 5.89 Å². The Balaban J connectivity index is 1.90. The van der Waals surface area contributed by atoms with Crippen molar-refractivity contribution in [1.82, 2.24) is 10.1 Å². The molecule has 1 aliphatic carbocycles. The van der Waals surface area contributed by atoms with Crippen LogP contribution in [0, 0.1) is 0 Å². The maximum Gasteiger partial charge on any atom is 0.261 e. The van der Waals surface area contributed by atoms with Crippen LogP contribution in [0.3, 0.4) is 0 Å². The molecule has 3 rings (SSSR count). The van der Waals surface area contributed by atoms with Crippen LogP contribution in [-0.4, -0.2) is 20.4 Å². The van der Waals surface area contributed by atoms with Gasteiger partial charge in [-0.25, -0.2) is 0 Å². The van der Waals surface area contributed by atoms with Crippen LogP contribution in [0.5, 0.6) is 11.5 Å². The highest BCUT2D eigenvalue weighted by molar-refractivity contribution is 5.66. The third-order valence-corrected chi connectivity index (χ3v) is 3.66. The van der Waals surface area contributed by atoms with Gasteiger partial charge in [-0.15, -0.1) is 0 Å². The Morgan fingerprint density at radius 2 is 1.89 bits per heavy atom. The second kappa shape index (κ2) is 4.91. The van der Waals surface area contributed by atoms with Crippen molar-refractivity contribution in [2.75, 3.05) is 0 Å². The normalized spacial score (nSPS) is 16.6. The molecule has 19 heavy (non-hydrogen) atoms. The van der Waals surface area contributed by atoms with Crippen molar-refractivity contribution in [2.45, 2.75) is 38.0 Å². The number of hydrogen-bond donors (Lipinski definition) is 2. The van der Waals surface area contributed by atoms with Gasteiger partial charge in [-0.05, 0) is 25.0 Å². The van der Waals surface area contributed by atoms with Crippen molar-refractivity contribution in [2.24, 2.45) is 0 Å². The van der Waals surface area contributed by atoms with Gasteiger partial charge in [0.05, 0.1) is 5.56 Å². The molecule has 0 amide bonds. The number of para-hydroxylation sites is 1. The Bertz CT molecular complexity index is 574. The summed E-state index contributed by atoms with van der Waals surface area (Å²) in [6.45, 7) is 0. The Morgan fingerprint density at radius 3 is 2.68 bits per heavy atom. The minimum absolute atomic E-state index is 0.185. The summed E-state index contributed by atoms with van der Waals surface area (Å²) in [5.74, 6) is 0.911. The summed E-state index contributed by atoms with van der Waals surface area (Å²) in [4.78, 5) is 4.36. The molecule has 0 aliphatic heterocycles. The first-order valence-electron chi connectivity index (χ1n) is 6.60. The molecule has 2 N–H and O–H groups in total. The molecule has 0 unspecified atom stereocenters. The molecule has 100 valence electrons. The van der Waals surface area contributed by atoms with Crippen LogP contribution < -0.4 is 0 Å². The molecule has 1 aliphatic rings. The predicted molar refractivity (Wildman–Crippen MR) is 68.9 cm³/mol. The zero-order chi connectivity index (χ0) is 13.2. The van der Waals surface area contributed by atoms with E-state index in [1.54, 1.807) is 12.1 Å². The topological polar surface area (TPSA) is 79.4 Å². The van der Waals surface area contributed by atoms with Crippen LogP contribution in [0.2, 0.25) is 0 Å². The molecule has 0 radical (unpaired) electrons. The fraction of sp³-hybridized carbons (Fsp3) is 0.429. The zero-order valence-corrected chi connectivity index (χ0v) is 10.5. The van der Waals surface area contributed by atoms with Gasteiger partial charge in [0.15, 0.2) is 17.3 Å². The van der Waals surface area contributed by atoms with Gasteiger partial charge in [0.2, 0.25) is 0 Å². The summed E-state index contributed by atoms with van der Waals surface area (Å²) in [6, 6.07) is 4.69. The Morgan fingerprint density at radius 1 is 1.11 bits per heavy atom. The Kier molecular flexibility index (Phi) is 3.11. The second-order valence-corrected chi connectivity index (χ2v) is 4.97. The molecule has 1 fully saturated rings. The van der Waals surface area contributed by atoms with Crippen molar-refractivity contribution in [3.05, 3.63) is 24.0 Å². The summed E-state index contributed by atoms with van der Waals surface area (Å²) >= 11 is 0. The number of hydrogen-bond acceptors (Lipinski definition) is 5. The predicted octanol–water partition coefficient (Wildman–Crippen LogP) is 3.20. The van der Waals surface area contributed by atoms with Crippen LogP contribution in [0.25, 0.3) is 11.5 Å². The third-order valence-electron chi connectivity index (χ3n) is 3.66. The molecule has 0 saturated heterocycles. The van der Waals surface area contributed by atoms with Crippen molar-refractivity contribution in [3.8, 4) is 23.0 Å². The van der Waals surface area contributed by atoms with Crippen molar-refractivity contribution in [1.29, 1.82) is 0 Å². The van der Waals surface area contributed by atoms with Gasteiger partial charge < -0.3 is 14.7 Å². The van der Waals surface area contributed by atoms with Crippen molar-refractivity contribution >= 4 is 0 Å². The number of benzene rings is 1. The van der Waals surface area contributed by atoms with E-state index in [4.69, 9.17) is 4.52 Å². The molecule has 1 heterocycles. The lowest BCUT2D eigenvalue weighted by Gasteiger charge is -2.17.